The van der Waals surface area contributed by atoms with Gasteiger partial charge in [-0.2, -0.15) is 0 Å². The van der Waals surface area contributed by atoms with E-state index in [9.17, 15) is 4.79 Å². The molecule has 1 aromatic heterocycles. The zero-order valence-corrected chi connectivity index (χ0v) is 16.3. The minimum atomic E-state index is -0.376. The molecule has 1 unspecified atom stereocenters. The van der Waals surface area contributed by atoms with Gasteiger partial charge in [0.2, 0.25) is 6.79 Å². The highest BCUT2D eigenvalue weighted by Crippen LogP contribution is 2.33. The van der Waals surface area contributed by atoms with Crippen molar-refractivity contribution in [1.82, 2.24) is 14.5 Å². The third-order valence-electron chi connectivity index (χ3n) is 5.54. The lowest BCUT2D eigenvalue weighted by molar-refractivity contribution is -0.142. The van der Waals surface area contributed by atoms with E-state index < -0.39 is 0 Å². The average molecular weight is 393 g/mol. The van der Waals surface area contributed by atoms with Gasteiger partial charge in [0, 0.05) is 20.2 Å². The Bertz CT molecular complexity index is 1060. The molecule has 3 heterocycles. The number of rotatable bonds is 5. The van der Waals surface area contributed by atoms with Gasteiger partial charge in [0.05, 0.1) is 17.6 Å². The molecule has 0 aliphatic carbocycles. The fourth-order valence-electron chi connectivity index (χ4n) is 3.96. The normalized spacial score (nSPS) is 17.8. The number of fused-ring (bicyclic) bond motifs is 2. The van der Waals surface area contributed by atoms with E-state index >= 15 is 0 Å². The van der Waals surface area contributed by atoms with Gasteiger partial charge in [-0.1, -0.05) is 18.2 Å². The van der Waals surface area contributed by atoms with Crippen LogP contribution in [0.25, 0.3) is 11.0 Å². The minimum Gasteiger partial charge on any atom is -0.454 e. The molecule has 1 saturated heterocycles. The highest BCUT2D eigenvalue weighted by molar-refractivity contribution is 5.81. The Labute approximate surface area is 168 Å². The summed E-state index contributed by atoms with van der Waals surface area (Å²) in [5, 5.41) is 0. The van der Waals surface area contributed by atoms with Crippen LogP contribution in [0, 0.1) is 0 Å². The smallest absolute Gasteiger partial charge is 0.252 e. The van der Waals surface area contributed by atoms with Crippen molar-refractivity contribution in [3.8, 4) is 11.5 Å². The van der Waals surface area contributed by atoms with Crippen molar-refractivity contribution in [3.05, 3.63) is 53.9 Å². The first-order valence-corrected chi connectivity index (χ1v) is 9.88. The highest BCUT2D eigenvalue weighted by Gasteiger charge is 2.29. The Hall–Kier alpha value is -3.06. The molecule has 5 rings (SSSR count). The van der Waals surface area contributed by atoms with Crippen molar-refractivity contribution in [2.75, 3.05) is 13.4 Å². The molecule has 0 N–H and O–H groups in total. The van der Waals surface area contributed by atoms with Crippen molar-refractivity contribution in [1.29, 1.82) is 0 Å². The maximum absolute atomic E-state index is 13.2. The van der Waals surface area contributed by atoms with Crippen LogP contribution in [0.15, 0.2) is 42.5 Å². The van der Waals surface area contributed by atoms with Crippen LogP contribution in [-0.4, -0.2) is 39.9 Å². The lowest BCUT2D eigenvalue weighted by atomic mass is 10.1. The monoisotopic (exact) mass is 393 g/mol. The average Bonchev–Trinajstić information content (AvgIpc) is 3.48. The lowest BCUT2D eigenvalue weighted by Crippen LogP contribution is -2.38. The van der Waals surface area contributed by atoms with Gasteiger partial charge in [-0.3, -0.25) is 4.79 Å². The molecule has 0 spiro atoms. The van der Waals surface area contributed by atoms with E-state index in [1.807, 2.05) is 59.0 Å². The number of carbonyl (C=O) groups is 1. The van der Waals surface area contributed by atoms with Gasteiger partial charge in [0.1, 0.15) is 11.9 Å². The first-order chi connectivity index (χ1) is 14.2. The van der Waals surface area contributed by atoms with E-state index in [-0.39, 0.29) is 18.8 Å². The molecule has 1 atom stereocenters. The standard InChI is InChI=1S/C22H23N3O4/c1-24-17-6-3-2-5-16(17)23-21(24)13-25(22(26)19-7-4-10-27-19)12-15-8-9-18-20(11-15)29-14-28-18/h2-3,5-6,8-9,11,19H,4,7,10,12-14H2,1H3. The number of aromatic nitrogens is 2. The number of ether oxygens (including phenoxy) is 3. The molecule has 1 amide bonds. The maximum atomic E-state index is 13.2. The molecule has 0 bridgehead atoms. The number of hydrogen-bond acceptors (Lipinski definition) is 5. The largest absolute Gasteiger partial charge is 0.454 e. The van der Waals surface area contributed by atoms with Gasteiger partial charge in [0.25, 0.3) is 5.91 Å². The van der Waals surface area contributed by atoms with Gasteiger partial charge in [0.15, 0.2) is 11.5 Å². The summed E-state index contributed by atoms with van der Waals surface area (Å²) < 4.78 is 18.6. The quantitative estimate of drug-likeness (QED) is 0.667. The van der Waals surface area contributed by atoms with Crippen molar-refractivity contribution in [2.45, 2.75) is 32.0 Å². The summed E-state index contributed by atoms with van der Waals surface area (Å²) in [7, 11) is 1.99. The lowest BCUT2D eigenvalue weighted by Gasteiger charge is -2.25. The first kappa shape index (κ1) is 18.0. The minimum absolute atomic E-state index is 0.00669. The summed E-state index contributed by atoms with van der Waals surface area (Å²) >= 11 is 0. The van der Waals surface area contributed by atoms with Crippen LogP contribution < -0.4 is 9.47 Å². The summed E-state index contributed by atoms with van der Waals surface area (Å²) in [6.45, 7) is 1.74. The van der Waals surface area contributed by atoms with E-state index in [1.54, 1.807) is 0 Å². The summed E-state index contributed by atoms with van der Waals surface area (Å²) in [6.07, 6.45) is 1.30. The molecule has 0 radical (unpaired) electrons. The molecular formula is C22H23N3O4. The fourth-order valence-corrected chi connectivity index (χ4v) is 3.96. The second-order valence-electron chi connectivity index (χ2n) is 7.46. The van der Waals surface area contributed by atoms with Crippen molar-refractivity contribution in [3.63, 3.8) is 0 Å². The molecule has 2 aliphatic heterocycles. The summed E-state index contributed by atoms with van der Waals surface area (Å²) in [4.78, 5) is 19.8. The number of benzene rings is 2. The van der Waals surface area contributed by atoms with Crippen LogP contribution in [0.3, 0.4) is 0 Å². The fraction of sp³-hybridized carbons (Fsp3) is 0.364. The molecule has 2 aliphatic rings. The van der Waals surface area contributed by atoms with Gasteiger partial charge < -0.3 is 23.7 Å². The Morgan fingerprint density at radius 1 is 1.17 bits per heavy atom. The number of carbonyl (C=O) groups excluding carboxylic acids is 1. The number of imidazole rings is 1. The summed E-state index contributed by atoms with van der Waals surface area (Å²) in [6, 6.07) is 13.8. The number of amides is 1. The van der Waals surface area contributed by atoms with Crippen molar-refractivity contribution >= 4 is 16.9 Å². The van der Waals surface area contributed by atoms with Gasteiger partial charge >= 0.3 is 0 Å². The SMILES string of the molecule is Cn1c(CN(Cc2ccc3c(c2)OCO3)C(=O)C2CCCO2)nc2ccccc21. The number of hydrogen-bond donors (Lipinski definition) is 0. The summed E-state index contributed by atoms with van der Waals surface area (Å²) in [5.41, 5.74) is 2.96. The predicted octanol–water partition coefficient (Wildman–Crippen LogP) is 3.01. The predicted molar refractivity (Wildman–Crippen MR) is 107 cm³/mol. The van der Waals surface area contributed by atoms with E-state index in [1.165, 1.54) is 0 Å². The second-order valence-corrected chi connectivity index (χ2v) is 7.46. The van der Waals surface area contributed by atoms with Gasteiger partial charge in [-0.25, -0.2) is 4.98 Å². The third-order valence-corrected chi connectivity index (χ3v) is 5.54. The molecule has 7 heteroatoms. The van der Waals surface area contributed by atoms with Crippen LogP contribution in [0.5, 0.6) is 11.5 Å². The number of para-hydroxylation sites is 2. The third kappa shape index (κ3) is 3.42. The Morgan fingerprint density at radius 3 is 2.86 bits per heavy atom. The molecule has 1 fully saturated rings. The van der Waals surface area contributed by atoms with Crippen molar-refractivity contribution < 1.29 is 19.0 Å². The Balaban J connectivity index is 1.44. The van der Waals surface area contributed by atoms with E-state index in [2.05, 4.69) is 0 Å². The van der Waals surface area contributed by atoms with Crippen LogP contribution in [0.4, 0.5) is 0 Å². The van der Waals surface area contributed by atoms with Crippen molar-refractivity contribution in [2.24, 2.45) is 7.05 Å². The van der Waals surface area contributed by atoms with E-state index in [0.717, 1.165) is 46.8 Å². The van der Waals surface area contributed by atoms with Gasteiger partial charge in [-0.15, -0.1) is 0 Å². The Morgan fingerprint density at radius 2 is 2.03 bits per heavy atom. The number of nitrogens with zero attached hydrogens (tertiary/aromatic N) is 3. The molecule has 2 aromatic carbocycles. The molecule has 29 heavy (non-hydrogen) atoms. The van der Waals surface area contributed by atoms with Crippen LogP contribution in [0.1, 0.15) is 24.2 Å². The first-order valence-electron chi connectivity index (χ1n) is 9.88. The zero-order chi connectivity index (χ0) is 19.8. The topological polar surface area (TPSA) is 65.8 Å². The van der Waals surface area contributed by atoms with Crippen LogP contribution >= 0.6 is 0 Å². The summed E-state index contributed by atoms with van der Waals surface area (Å²) in [5.74, 6) is 2.31. The number of aryl methyl sites for hydroxylation is 1. The van der Waals surface area contributed by atoms with E-state index in [4.69, 9.17) is 19.2 Å². The second kappa shape index (κ2) is 7.40. The van der Waals surface area contributed by atoms with Crippen LogP contribution in [-0.2, 0) is 29.7 Å². The Kier molecular flexibility index (Phi) is 4.60. The highest BCUT2D eigenvalue weighted by atomic mass is 16.7. The van der Waals surface area contributed by atoms with Crippen LogP contribution in [0.2, 0.25) is 0 Å². The molecular weight excluding hydrogens is 370 g/mol. The molecule has 150 valence electrons. The molecule has 3 aromatic rings. The van der Waals surface area contributed by atoms with E-state index in [0.29, 0.717) is 19.7 Å². The zero-order valence-electron chi connectivity index (χ0n) is 16.3. The molecule has 0 saturated carbocycles. The maximum Gasteiger partial charge on any atom is 0.252 e. The van der Waals surface area contributed by atoms with Gasteiger partial charge in [-0.05, 0) is 42.7 Å². The molecule has 7 nitrogen and oxygen atoms in total.